The standard InChI is InChI=1S/C17H17ClN2O4/c1-22-13-6-4-11(5-7-13)17(21)20-19-10-12-8-15(23-2)16(24-3)9-14(12)18/h4-10H,1-3H3,(H,20,21)/b19-10+. The van der Waals surface area contributed by atoms with Crippen molar-refractivity contribution < 1.29 is 19.0 Å². The van der Waals surface area contributed by atoms with Gasteiger partial charge in [0.1, 0.15) is 5.75 Å². The number of amides is 1. The van der Waals surface area contributed by atoms with Gasteiger partial charge in [0, 0.05) is 17.2 Å². The summed E-state index contributed by atoms with van der Waals surface area (Å²) in [7, 11) is 4.61. The van der Waals surface area contributed by atoms with Crippen LogP contribution in [0.25, 0.3) is 0 Å². The number of carbonyl (C=O) groups is 1. The van der Waals surface area contributed by atoms with Crippen LogP contribution in [0.1, 0.15) is 15.9 Å². The Morgan fingerprint density at radius 3 is 2.25 bits per heavy atom. The van der Waals surface area contributed by atoms with E-state index in [1.807, 2.05) is 0 Å². The van der Waals surface area contributed by atoms with Crippen molar-refractivity contribution in [3.05, 3.63) is 52.5 Å². The van der Waals surface area contributed by atoms with Crippen LogP contribution in [0.2, 0.25) is 5.02 Å². The van der Waals surface area contributed by atoms with Crippen LogP contribution in [-0.4, -0.2) is 33.5 Å². The number of hydrogen-bond donors (Lipinski definition) is 1. The van der Waals surface area contributed by atoms with E-state index in [1.54, 1.807) is 43.5 Å². The monoisotopic (exact) mass is 348 g/mol. The largest absolute Gasteiger partial charge is 0.497 e. The molecule has 0 fully saturated rings. The SMILES string of the molecule is COc1ccc(C(=O)N/N=C/c2cc(OC)c(OC)cc2Cl)cc1. The first-order valence-electron chi connectivity index (χ1n) is 6.98. The second kappa shape index (κ2) is 8.21. The van der Waals surface area contributed by atoms with Crippen molar-refractivity contribution in [2.45, 2.75) is 0 Å². The summed E-state index contributed by atoms with van der Waals surface area (Å²) in [5, 5.41) is 4.34. The maximum absolute atomic E-state index is 12.0. The van der Waals surface area contributed by atoms with E-state index in [0.29, 0.717) is 33.4 Å². The Hall–Kier alpha value is -2.73. The molecule has 0 aromatic heterocycles. The topological polar surface area (TPSA) is 69.2 Å². The van der Waals surface area contributed by atoms with Crippen LogP contribution in [0, 0.1) is 0 Å². The Morgan fingerprint density at radius 2 is 1.67 bits per heavy atom. The minimum atomic E-state index is -0.342. The molecule has 2 aromatic rings. The fourth-order valence-corrected chi connectivity index (χ4v) is 2.14. The Labute approximate surface area is 145 Å². The molecule has 1 amide bonds. The molecule has 0 saturated heterocycles. The van der Waals surface area contributed by atoms with Crippen molar-refractivity contribution in [2.75, 3.05) is 21.3 Å². The molecule has 0 saturated carbocycles. The third-order valence-corrected chi connectivity index (χ3v) is 3.55. The van der Waals surface area contributed by atoms with E-state index >= 15 is 0 Å². The minimum Gasteiger partial charge on any atom is -0.497 e. The third kappa shape index (κ3) is 4.17. The average molecular weight is 349 g/mol. The summed E-state index contributed by atoms with van der Waals surface area (Å²) in [5.41, 5.74) is 3.49. The number of nitrogens with one attached hydrogen (secondary N) is 1. The van der Waals surface area contributed by atoms with E-state index in [2.05, 4.69) is 10.5 Å². The molecule has 0 bridgehead atoms. The molecule has 0 aliphatic carbocycles. The van der Waals surface area contributed by atoms with Crippen molar-refractivity contribution in [3.8, 4) is 17.2 Å². The van der Waals surface area contributed by atoms with Gasteiger partial charge in [0.15, 0.2) is 11.5 Å². The molecular weight excluding hydrogens is 332 g/mol. The van der Waals surface area contributed by atoms with Gasteiger partial charge in [-0.05, 0) is 30.3 Å². The predicted octanol–water partition coefficient (Wildman–Crippen LogP) is 3.13. The van der Waals surface area contributed by atoms with Crippen LogP contribution in [0.5, 0.6) is 17.2 Å². The number of methoxy groups -OCH3 is 3. The highest BCUT2D eigenvalue weighted by Gasteiger charge is 2.09. The molecule has 1 N–H and O–H groups in total. The molecule has 0 spiro atoms. The minimum absolute atomic E-state index is 0.342. The first-order valence-corrected chi connectivity index (χ1v) is 7.35. The van der Waals surface area contributed by atoms with E-state index in [9.17, 15) is 4.79 Å². The van der Waals surface area contributed by atoms with Crippen LogP contribution in [0.3, 0.4) is 0 Å². The summed E-state index contributed by atoms with van der Waals surface area (Å²) < 4.78 is 15.4. The van der Waals surface area contributed by atoms with Gasteiger partial charge in [-0.2, -0.15) is 5.10 Å². The molecule has 2 aromatic carbocycles. The lowest BCUT2D eigenvalue weighted by molar-refractivity contribution is 0.0955. The molecule has 0 atom stereocenters. The molecular formula is C17H17ClN2O4. The number of hydrogen-bond acceptors (Lipinski definition) is 5. The molecule has 126 valence electrons. The lowest BCUT2D eigenvalue weighted by atomic mass is 10.2. The van der Waals surface area contributed by atoms with Gasteiger partial charge in [-0.1, -0.05) is 11.6 Å². The van der Waals surface area contributed by atoms with Gasteiger partial charge in [-0.3, -0.25) is 4.79 Å². The maximum Gasteiger partial charge on any atom is 0.271 e. The zero-order chi connectivity index (χ0) is 17.5. The first-order chi connectivity index (χ1) is 11.6. The van der Waals surface area contributed by atoms with Crippen LogP contribution >= 0.6 is 11.6 Å². The van der Waals surface area contributed by atoms with Crippen LogP contribution < -0.4 is 19.6 Å². The number of carbonyl (C=O) groups excluding carboxylic acids is 1. The molecule has 0 aliphatic rings. The van der Waals surface area contributed by atoms with Gasteiger partial charge in [0.25, 0.3) is 5.91 Å². The highest BCUT2D eigenvalue weighted by atomic mass is 35.5. The fourth-order valence-electron chi connectivity index (χ4n) is 1.94. The zero-order valence-electron chi connectivity index (χ0n) is 13.5. The number of rotatable bonds is 6. The van der Waals surface area contributed by atoms with Gasteiger partial charge in [-0.15, -0.1) is 0 Å². The van der Waals surface area contributed by atoms with Crippen molar-refractivity contribution in [1.82, 2.24) is 5.43 Å². The van der Waals surface area contributed by atoms with Gasteiger partial charge >= 0.3 is 0 Å². The number of halogens is 1. The molecule has 0 aliphatic heterocycles. The molecule has 24 heavy (non-hydrogen) atoms. The predicted molar refractivity (Wildman–Crippen MR) is 92.6 cm³/mol. The van der Waals surface area contributed by atoms with Crippen molar-refractivity contribution >= 4 is 23.7 Å². The Balaban J connectivity index is 2.09. The second-order valence-electron chi connectivity index (χ2n) is 4.66. The summed E-state index contributed by atoms with van der Waals surface area (Å²) >= 11 is 6.15. The van der Waals surface area contributed by atoms with Crippen molar-refractivity contribution in [1.29, 1.82) is 0 Å². The molecule has 2 rings (SSSR count). The van der Waals surface area contributed by atoms with E-state index in [-0.39, 0.29) is 5.91 Å². The van der Waals surface area contributed by atoms with Gasteiger partial charge in [0.2, 0.25) is 0 Å². The van der Waals surface area contributed by atoms with Crippen LogP contribution in [0.15, 0.2) is 41.5 Å². The lowest BCUT2D eigenvalue weighted by Gasteiger charge is -2.09. The van der Waals surface area contributed by atoms with E-state index < -0.39 is 0 Å². The molecule has 0 unspecified atom stereocenters. The van der Waals surface area contributed by atoms with Gasteiger partial charge in [-0.25, -0.2) is 5.43 Å². The maximum atomic E-state index is 12.0. The second-order valence-corrected chi connectivity index (χ2v) is 5.06. The number of ether oxygens (including phenoxy) is 3. The summed E-state index contributed by atoms with van der Waals surface area (Å²) in [6.45, 7) is 0. The number of benzene rings is 2. The lowest BCUT2D eigenvalue weighted by Crippen LogP contribution is -2.17. The zero-order valence-corrected chi connectivity index (χ0v) is 14.3. The Kier molecular flexibility index (Phi) is 6.03. The van der Waals surface area contributed by atoms with E-state index in [1.165, 1.54) is 20.4 Å². The van der Waals surface area contributed by atoms with E-state index in [0.717, 1.165) is 0 Å². The summed E-state index contributed by atoms with van der Waals surface area (Å²) in [6.07, 6.45) is 1.44. The molecule has 0 radical (unpaired) electrons. The normalized spacial score (nSPS) is 10.5. The smallest absolute Gasteiger partial charge is 0.271 e. The molecule has 7 heteroatoms. The van der Waals surface area contributed by atoms with E-state index in [4.69, 9.17) is 25.8 Å². The summed E-state index contributed by atoms with van der Waals surface area (Å²) in [6, 6.07) is 9.98. The fraction of sp³-hybridized carbons (Fsp3) is 0.176. The average Bonchev–Trinajstić information content (AvgIpc) is 2.62. The Morgan fingerprint density at radius 1 is 1.04 bits per heavy atom. The Bertz CT molecular complexity index is 745. The van der Waals surface area contributed by atoms with Gasteiger partial charge < -0.3 is 14.2 Å². The molecule has 0 heterocycles. The van der Waals surface area contributed by atoms with Crippen LogP contribution in [0.4, 0.5) is 0 Å². The quantitative estimate of drug-likeness (QED) is 0.643. The highest BCUT2D eigenvalue weighted by molar-refractivity contribution is 6.33. The summed E-state index contributed by atoms with van der Waals surface area (Å²) in [5.74, 6) is 1.37. The first kappa shape index (κ1) is 17.6. The third-order valence-electron chi connectivity index (χ3n) is 3.22. The number of hydrazone groups is 1. The summed E-state index contributed by atoms with van der Waals surface area (Å²) in [4.78, 5) is 12.0. The molecule has 6 nitrogen and oxygen atoms in total. The number of nitrogens with zero attached hydrogens (tertiary/aromatic N) is 1. The van der Waals surface area contributed by atoms with Crippen LogP contribution in [-0.2, 0) is 0 Å². The van der Waals surface area contributed by atoms with Gasteiger partial charge in [0.05, 0.1) is 32.6 Å². The van der Waals surface area contributed by atoms with Crippen molar-refractivity contribution in [3.63, 3.8) is 0 Å². The highest BCUT2D eigenvalue weighted by Crippen LogP contribution is 2.32. The van der Waals surface area contributed by atoms with Crippen molar-refractivity contribution in [2.24, 2.45) is 5.10 Å².